The van der Waals surface area contributed by atoms with Gasteiger partial charge in [0.25, 0.3) is 0 Å². The van der Waals surface area contributed by atoms with Crippen molar-refractivity contribution in [1.29, 1.82) is 0 Å². The molecule has 9 heteroatoms. The maximum Gasteiger partial charge on any atom is 0.195 e. The van der Waals surface area contributed by atoms with Crippen molar-refractivity contribution in [3.63, 3.8) is 0 Å². The number of ketones is 1. The second kappa shape index (κ2) is 13.8. The molecule has 0 spiro atoms. The third kappa shape index (κ3) is 5.66. The molecule has 10 rings (SSSR count). The number of methoxy groups -OCH3 is 4. The van der Waals surface area contributed by atoms with E-state index in [0.717, 1.165) is 95.4 Å². The number of hydrogen-bond donors (Lipinski definition) is 2. The van der Waals surface area contributed by atoms with Crippen molar-refractivity contribution in [2.75, 3.05) is 28.4 Å². The number of benzene rings is 4. The van der Waals surface area contributed by atoms with Crippen molar-refractivity contribution in [1.82, 2.24) is 19.9 Å². The number of rotatable bonds is 7. The number of nitrogens with zero attached hydrogens (tertiary/aromatic N) is 2. The molecule has 5 heterocycles. The lowest BCUT2D eigenvalue weighted by atomic mass is 9.87. The zero-order chi connectivity index (χ0) is 39.5. The Hall–Kier alpha value is -7.65. The van der Waals surface area contributed by atoms with Gasteiger partial charge in [0.15, 0.2) is 5.78 Å². The monoisotopic (exact) mass is 760 g/mol. The van der Waals surface area contributed by atoms with Crippen LogP contribution in [-0.4, -0.2) is 54.2 Å². The molecule has 3 aliphatic rings. The third-order valence-corrected chi connectivity index (χ3v) is 11.0. The van der Waals surface area contributed by atoms with Gasteiger partial charge in [-0.1, -0.05) is 36.4 Å². The van der Waals surface area contributed by atoms with Gasteiger partial charge in [0, 0.05) is 49.9 Å². The van der Waals surface area contributed by atoms with Crippen LogP contribution in [0.4, 0.5) is 0 Å². The number of aromatic amines is 2. The molecule has 0 amide bonds. The summed E-state index contributed by atoms with van der Waals surface area (Å²) in [5.74, 6) is 2.74. The molecule has 4 aromatic carbocycles. The van der Waals surface area contributed by atoms with Crippen molar-refractivity contribution >= 4 is 52.2 Å². The van der Waals surface area contributed by atoms with Crippen molar-refractivity contribution < 1.29 is 23.7 Å². The highest BCUT2D eigenvalue weighted by Gasteiger charge is 2.29. The summed E-state index contributed by atoms with van der Waals surface area (Å²) < 4.78 is 22.2. The summed E-state index contributed by atoms with van der Waals surface area (Å²) in [4.78, 5) is 32.7. The van der Waals surface area contributed by atoms with Crippen LogP contribution in [0, 0.1) is 0 Å². The Morgan fingerprint density at radius 2 is 0.845 bits per heavy atom. The average Bonchev–Trinajstić information content (AvgIpc) is 4.11. The average molecular weight is 761 g/mol. The van der Waals surface area contributed by atoms with E-state index in [0.29, 0.717) is 28.1 Å². The molecule has 0 fully saturated rings. The van der Waals surface area contributed by atoms with E-state index in [9.17, 15) is 4.79 Å². The zero-order valence-electron chi connectivity index (χ0n) is 32.1. The quantitative estimate of drug-likeness (QED) is 0.166. The SMILES string of the molecule is COc1ccc(-c2c3nc(c(-c4ccc(OC)cc4)c4ccc([nH]4)c(-c4ccc(OC)cc4)c4cc5c([nH]4)c(c4nc2C=C4)-c2ccc(OC)cc2C5=O)C=C3)cc1. The highest BCUT2D eigenvalue weighted by Crippen LogP contribution is 2.44. The van der Waals surface area contributed by atoms with Gasteiger partial charge in [-0.15, -0.1) is 0 Å². The molecule has 2 N–H and O–H groups in total. The van der Waals surface area contributed by atoms with Gasteiger partial charge in [-0.25, -0.2) is 9.97 Å². The summed E-state index contributed by atoms with van der Waals surface area (Å²) in [6.07, 6.45) is 8.15. The van der Waals surface area contributed by atoms with Gasteiger partial charge >= 0.3 is 0 Å². The Morgan fingerprint density at radius 1 is 0.397 bits per heavy atom. The number of H-pyrrole nitrogens is 2. The van der Waals surface area contributed by atoms with Gasteiger partial charge < -0.3 is 28.9 Å². The highest BCUT2D eigenvalue weighted by molar-refractivity contribution is 6.24. The summed E-state index contributed by atoms with van der Waals surface area (Å²) in [6, 6.07) is 35.6. The van der Waals surface area contributed by atoms with Crippen molar-refractivity contribution in [2.45, 2.75) is 0 Å². The Bertz CT molecular complexity index is 3050. The molecule has 0 saturated heterocycles. The number of aromatic nitrogens is 4. The normalized spacial score (nSPS) is 12.4. The molecule has 9 nitrogen and oxygen atoms in total. The number of carbonyl (C=O) groups is 1. The maximum absolute atomic E-state index is 14.5. The van der Waals surface area contributed by atoms with Gasteiger partial charge in [-0.3, -0.25) is 4.79 Å². The Balaban J connectivity index is 1.39. The first-order valence-corrected chi connectivity index (χ1v) is 18.8. The standard InChI is InChI=1S/C49H36N4O5/c1-55-30-11-5-27(6-12-30)44-37-19-20-38(50-37)45(28-7-13-31(56-2)14-8-28)40-23-24-42(52-40)47-34-18-17-33(58-4)25-35(34)49(54)36-26-43(53-48(36)47)46(41-22-21-39(44)51-41)29-9-15-32(57-3)16-10-29/h5-26,51,53H,1-4H3. The van der Waals surface area contributed by atoms with Crippen molar-refractivity contribution in [3.05, 3.63) is 143 Å². The summed E-state index contributed by atoms with van der Waals surface area (Å²) in [5, 5.41) is 0. The molecule has 8 bridgehead atoms. The minimum atomic E-state index is -0.102. The van der Waals surface area contributed by atoms with E-state index < -0.39 is 0 Å². The number of hydrogen-bond acceptors (Lipinski definition) is 7. The first kappa shape index (κ1) is 34.8. The van der Waals surface area contributed by atoms with E-state index in [1.807, 2.05) is 115 Å². The van der Waals surface area contributed by atoms with Crippen LogP contribution in [0.1, 0.15) is 38.7 Å². The molecule has 0 saturated carbocycles. The lowest BCUT2D eigenvalue weighted by molar-refractivity contribution is 0.104. The van der Waals surface area contributed by atoms with Gasteiger partial charge in [0.2, 0.25) is 0 Å². The third-order valence-electron chi connectivity index (χ3n) is 11.0. The maximum atomic E-state index is 14.5. The van der Waals surface area contributed by atoms with E-state index in [-0.39, 0.29) is 5.78 Å². The van der Waals surface area contributed by atoms with Crippen LogP contribution >= 0.6 is 0 Å². The summed E-state index contributed by atoms with van der Waals surface area (Å²) in [5.41, 5.74) is 14.3. The Kier molecular flexibility index (Phi) is 8.30. The summed E-state index contributed by atoms with van der Waals surface area (Å²) in [6.45, 7) is 0. The van der Waals surface area contributed by atoms with E-state index in [4.69, 9.17) is 28.9 Å². The summed E-state index contributed by atoms with van der Waals surface area (Å²) >= 11 is 0. The number of nitrogens with one attached hydrogen (secondary N) is 2. The number of fused-ring (bicyclic) bond motifs is 10. The topological polar surface area (TPSA) is 111 Å². The van der Waals surface area contributed by atoms with E-state index in [2.05, 4.69) is 28.2 Å². The molecule has 58 heavy (non-hydrogen) atoms. The molecule has 282 valence electrons. The Labute approximate surface area is 333 Å². The molecule has 0 atom stereocenters. The first-order chi connectivity index (χ1) is 28.4. The predicted molar refractivity (Wildman–Crippen MR) is 230 cm³/mol. The van der Waals surface area contributed by atoms with Crippen LogP contribution in [0.15, 0.2) is 109 Å². The molecule has 7 aromatic rings. The second-order valence-corrected chi connectivity index (χ2v) is 14.1. The van der Waals surface area contributed by atoms with Crippen molar-refractivity contribution in [3.8, 4) is 67.5 Å². The van der Waals surface area contributed by atoms with E-state index in [1.54, 1.807) is 28.4 Å². The molecule has 3 aromatic heterocycles. The number of ether oxygens (including phenoxy) is 4. The molecular weight excluding hydrogens is 725 g/mol. The number of carbonyl (C=O) groups excluding carboxylic acids is 1. The van der Waals surface area contributed by atoms with Crippen molar-refractivity contribution in [2.24, 2.45) is 0 Å². The van der Waals surface area contributed by atoms with E-state index in [1.165, 1.54) is 0 Å². The molecule has 1 aliphatic carbocycles. The van der Waals surface area contributed by atoms with Crippen LogP contribution < -0.4 is 18.9 Å². The highest BCUT2D eigenvalue weighted by atomic mass is 16.5. The summed E-state index contributed by atoms with van der Waals surface area (Å²) in [7, 11) is 6.58. The fourth-order valence-corrected chi connectivity index (χ4v) is 8.13. The predicted octanol–water partition coefficient (Wildman–Crippen LogP) is 10.9. The first-order valence-electron chi connectivity index (χ1n) is 18.8. The lowest BCUT2D eigenvalue weighted by Gasteiger charge is -2.17. The second-order valence-electron chi connectivity index (χ2n) is 14.1. The minimum Gasteiger partial charge on any atom is -0.497 e. The molecule has 0 unspecified atom stereocenters. The van der Waals surface area contributed by atoms with E-state index >= 15 is 0 Å². The molecule has 2 aliphatic heterocycles. The lowest BCUT2D eigenvalue weighted by Crippen LogP contribution is -2.09. The Morgan fingerprint density at radius 3 is 1.38 bits per heavy atom. The zero-order valence-corrected chi connectivity index (χ0v) is 32.1. The fraction of sp³-hybridized carbons (Fsp3) is 0.0816. The minimum absolute atomic E-state index is 0.102. The van der Waals surface area contributed by atoms with Gasteiger partial charge in [0.05, 0.1) is 56.7 Å². The largest absolute Gasteiger partial charge is 0.497 e. The van der Waals surface area contributed by atoms with Gasteiger partial charge in [-0.2, -0.15) is 0 Å². The van der Waals surface area contributed by atoms with Crippen LogP contribution in [0.25, 0.3) is 90.9 Å². The smallest absolute Gasteiger partial charge is 0.195 e. The molecule has 0 radical (unpaired) electrons. The van der Waals surface area contributed by atoms with Gasteiger partial charge in [0.1, 0.15) is 23.0 Å². The molecular formula is C49H36N4O5. The van der Waals surface area contributed by atoms with Crippen LogP contribution in [0.2, 0.25) is 0 Å². The van der Waals surface area contributed by atoms with Crippen LogP contribution in [0.3, 0.4) is 0 Å². The van der Waals surface area contributed by atoms with Gasteiger partial charge in [-0.05, 0) is 119 Å². The van der Waals surface area contributed by atoms with Crippen LogP contribution in [-0.2, 0) is 0 Å². The fourth-order valence-electron chi connectivity index (χ4n) is 8.13. The van der Waals surface area contributed by atoms with Crippen LogP contribution in [0.5, 0.6) is 23.0 Å².